The molecule has 1 amide bonds. The molecule has 1 N–H and O–H groups in total. The largest absolute Gasteiger partial charge is 0.470 e. The van der Waals surface area contributed by atoms with Gasteiger partial charge in [-0.15, -0.1) is 16.4 Å². The third kappa shape index (κ3) is 6.83. The molecule has 5 aromatic rings. The second kappa shape index (κ2) is 14.1. The summed E-state index contributed by atoms with van der Waals surface area (Å²) in [6.45, 7) is 11.0. The monoisotopic (exact) mass is 748 g/mol. The van der Waals surface area contributed by atoms with Crippen LogP contribution < -0.4 is 14.8 Å². The Bertz CT molecular complexity index is 2240. The van der Waals surface area contributed by atoms with E-state index < -0.39 is 17.5 Å². The Morgan fingerprint density at radius 2 is 2.00 bits per heavy atom. The minimum absolute atomic E-state index is 0.0745. The second-order valence-corrected chi connectivity index (χ2v) is 15.6. The predicted molar refractivity (Wildman–Crippen MR) is 194 cm³/mol. The number of halogens is 2. The van der Waals surface area contributed by atoms with Crippen LogP contribution >= 0.6 is 22.9 Å². The summed E-state index contributed by atoms with van der Waals surface area (Å²) >= 11 is 8.30. The van der Waals surface area contributed by atoms with Crippen LogP contribution in [-0.4, -0.2) is 67.8 Å². The molecule has 2 aromatic carbocycles. The highest BCUT2D eigenvalue weighted by Crippen LogP contribution is 2.50. The lowest BCUT2D eigenvalue weighted by Gasteiger charge is -2.20. The van der Waals surface area contributed by atoms with Gasteiger partial charge in [-0.1, -0.05) is 22.9 Å². The third-order valence-electron chi connectivity index (χ3n) is 9.05. The second-order valence-electron chi connectivity index (χ2n) is 14.2. The summed E-state index contributed by atoms with van der Waals surface area (Å²) in [5.74, 6) is -0.308. The maximum absolute atomic E-state index is 15.5. The molecule has 2 aliphatic heterocycles. The molecule has 1 saturated heterocycles. The van der Waals surface area contributed by atoms with Gasteiger partial charge in [0.1, 0.15) is 46.9 Å². The molecule has 5 heterocycles. The molecule has 272 valence electrons. The fourth-order valence-corrected chi connectivity index (χ4v) is 7.95. The Hall–Kier alpha value is -4.62. The lowest BCUT2D eigenvalue weighted by atomic mass is 9.91. The minimum atomic E-state index is -0.782. The van der Waals surface area contributed by atoms with E-state index in [-0.39, 0.29) is 64.1 Å². The number of ether oxygens (including phenoxy) is 4. The summed E-state index contributed by atoms with van der Waals surface area (Å²) in [5, 5.41) is 22.7. The molecule has 0 spiro atoms. The topological polar surface area (TPSA) is 150 Å². The quantitative estimate of drug-likeness (QED) is 0.157. The lowest BCUT2D eigenvalue weighted by Crippen LogP contribution is -2.30. The lowest BCUT2D eigenvalue weighted by molar-refractivity contribution is 0.0636. The van der Waals surface area contributed by atoms with E-state index in [0.29, 0.717) is 39.7 Å². The zero-order valence-electron chi connectivity index (χ0n) is 29.7. The number of carbonyl (C=O) groups excluding carboxylic acids is 1. The molecular weight excluding hydrogens is 711 g/mol. The number of hydrogen-bond donors (Lipinski definition) is 1. The zero-order valence-corrected chi connectivity index (χ0v) is 31.2. The first-order valence-corrected chi connectivity index (χ1v) is 18.2. The van der Waals surface area contributed by atoms with Gasteiger partial charge in [0.15, 0.2) is 0 Å². The maximum Gasteiger partial charge on any atom is 0.412 e. The van der Waals surface area contributed by atoms with Crippen LogP contribution in [0.15, 0.2) is 18.3 Å². The van der Waals surface area contributed by atoms with Crippen LogP contribution in [0.5, 0.6) is 11.9 Å². The first-order valence-electron chi connectivity index (χ1n) is 17.0. The number of rotatable bonds is 9. The minimum Gasteiger partial charge on any atom is -0.470 e. The third-order valence-corrected chi connectivity index (χ3v) is 10.5. The number of nitriles is 1. The number of carbonyl (C=O) groups is 1. The molecule has 1 fully saturated rings. The molecule has 16 heteroatoms. The van der Waals surface area contributed by atoms with Crippen LogP contribution in [0.2, 0.25) is 5.02 Å². The van der Waals surface area contributed by atoms with Crippen molar-refractivity contribution in [3.05, 3.63) is 51.6 Å². The highest BCUT2D eigenvalue weighted by atomic mass is 35.5. The van der Waals surface area contributed by atoms with Crippen LogP contribution in [0.1, 0.15) is 75.9 Å². The predicted octanol–water partition coefficient (Wildman–Crippen LogP) is 7.78. The van der Waals surface area contributed by atoms with Gasteiger partial charge in [0.05, 0.1) is 40.1 Å². The smallest absolute Gasteiger partial charge is 0.412 e. The van der Waals surface area contributed by atoms with Gasteiger partial charge in [0, 0.05) is 23.0 Å². The van der Waals surface area contributed by atoms with Crippen molar-refractivity contribution in [1.82, 2.24) is 29.9 Å². The Kier molecular flexibility index (Phi) is 9.68. The number of hydrogen-bond acceptors (Lipinski definition) is 12. The number of nitrogens with one attached hydrogen (secondary N) is 1. The standard InChI is InChI=1S/C36H38ClFN8O5S/c1-18(2)46-13-19(43-44-46)14-49-32-28-24-17-48-16-23(24)26(29(37)30(28)40-34(41-32)50-15-20-8-7-11-45(20)6)21-9-10-25(38)31-27(21)22(12-39)33(52-31)42-35(47)51-36(3,4)5/h9-10,13,18,20H,7-8,11,14-17H2,1-6H3,(H,42,47)/t20-/m0/s1. The molecule has 52 heavy (non-hydrogen) atoms. The van der Waals surface area contributed by atoms with Gasteiger partial charge in [0.2, 0.25) is 5.88 Å². The average molecular weight is 749 g/mol. The fraction of sp³-hybridized carbons (Fsp3) is 0.444. The Balaban J connectivity index is 1.38. The average Bonchev–Trinajstić information content (AvgIpc) is 3.90. The van der Waals surface area contributed by atoms with Gasteiger partial charge in [0.25, 0.3) is 0 Å². The van der Waals surface area contributed by atoms with Crippen LogP contribution in [0, 0.1) is 17.1 Å². The summed E-state index contributed by atoms with van der Waals surface area (Å²) in [7, 11) is 2.06. The van der Waals surface area contributed by atoms with Gasteiger partial charge in [-0.05, 0) is 83.8 Å². The van der Waals surface area contributed by atoms with E-state index in [1.807, 2.05) is 20.0 Å². The summed E-state index contributed by atoms with van der Waals surface area (Å²) in [6, 6.07) is 5.48. The van der Waals surface area contributed by atoms with Crippen molar-refractivity contribution in [2.75, 3.05) is 25.5 Å². The molecule has 0 saturated carbocycles. The Morgan fingerprint density at radius 3 is 2.69 bits per heavy atom. The number of likely N-dealkylation sites (tertiary alicyclic amines) is 1. The van der Waals surface area contributed by atoms with Gasteiger partial charge in [-0.3, -0.25) is 5.32 Å². The summed E-state index contributed by atoms with van der Waals surface area (Å²) in [6.07, 6.45) is 3.12. The Labute approximate surface area is 308 Å². The normalized spacial score (nSPS) is 16.1. The van der Waals surface area contributed by atoms with Crippen molar-refractivity contribution in [3.63, 3.8) is 0 Å². The molecule has 7 rings (SSSR count). The van der Waals surface area contributed by atoms with Crippen molar-refractivity contribution in [2.24, 2.45) is 0 Å². The molecule has 3 aromatic heterocycles. The molecule has 1 atom stereocenters. The van der Waals surface area contributed by atoms with Gasteiger partial charge in [-0.2, -0.15) is 15.2 Å². The molecule has 0 radical (unpaired) electrons. The fourth-order valence-electron chi connectivity index (χ4n) is 6.53. The first-order chi connectivity index (χ1) is 24.8. The van der Waals surface area contributed by atoms with E-state index in [1.165, 1.54) is 6.07 Å². The maximum atomic E-state index is 15.5. The number of fused-ring (bicyclic) bond motifs is 4. The number of thiophene rings is 1. The molecule has 0 bridgehead atoms. The number of anilines is 1. The number of nitrogens with zero attached hydrogens (tertiary/aromatic N) is 7. The highest BCUT2D eigenvalue weighted by molar-refractivity contribution is 7.23. The summed E-state index contributed by atoms with van der Waals surface area (Å²) in [4.78, 5) is 24.5. The van der Waals surface area contributed by atoms with Crippen molar-refractivity contribution in [3.8, 4) is 29.1 Å². The number of likely N-dealkylation sites (N-methyl/N-ethyl adjacent to an activating group) is 1. The molecular formula is C36H38ClFN8O5S. The number of amides is 1. The van der Waals surface area contributed by atoms with Gasteiger partial charge < -0.3 is 23.8 Å². The van der Waals surface area contributed by atoms with Crippen LogP contribution in [-0.2, 0) is 29.3 Å². The molecule has 2 aliphatic rings. The summed E-state index contributed by atoms with van der Waals surface area (Å²) < 4.78 is 41.4. The summed E-state index contributed by atoms with van der Waals surface area (Å²) in [5.41, 5.74) is 2.73. The van der Waals surface area contributed by atoms with Gasteiger partial charge >= 0.3 is 12.1 Å². The molecule has 13 nitrogen and oxygen atoms in total. The SMILES string of the molecule is CC(C)n1cc(COc2nc(OC[C@@H]3CCCN3C)nc3c(Cl)c(-c4ccc(F)c5sc(NC(=O)OC(C)(C)C)c(C#N)c45)c4c(c23)COC4)nn1. The van der Waals surface area contributed by atoms with Crippen LogP contribution in [0.25, 0.3) is 32.1 Å². The van der Waals surface area contributed by atoms with Crippen LogP contribution in [0.4, 0.5) is 14.2 Å². The zero-order chi connectivity index (χ0) is 36.9. The Morgan fingerprint density at radius 1 is 1.21 bits per heavy atom. The van der Waals surface area contributed by atoms with E-state index in [9.17, 15) is 10.1 Å². The van der Waals surface area contributed by atoms with E-state index in [2.05, 4.69) is 33.6 Å². The van der Waals surface area contributed by atoms with Crippen molar-refractivity contribution in [1.29, 1.82) is 5.26 Å². The van der Waals surface area contributed by atoms with Crippen molar-refractivity contribution >= 4 is 55.0 Å². The van der Waals surface area contributed by atoms with E-state index >= 15 is 4.39 Å². The van der Waals surface area contributed by atoms with Crippen LogP contribution in [0.3, 0.4) is 0 Å². The highest BCUT2D eigenvalue weighted by Gasteiger charge is 2.32. The number of aromatic nitrogens is 5. The van der Waals surface area contributed by atoms with E-state index in [4.69, 9.17) is 40.5 Å². The molecule has 0 unspecified atom stereocenters. The van der Waals surface area contributed by atoms with Crippen molar-refractivity contribution in [2.45, 2.75) is 85.0 Å². The molecule has 0 aliphatic carbocycles. The number of benzene rings is 2. The van der Waals surface area contributed by atoms with E-state index in [0.717, 1.165) is 41.9 Å². The van der Waals surface area contributed by atoms with E-state index in [1.54, 1.807) is 31.5 Å². The first kappa shape index (κ1) is 35.8. The van der Waals surface area contributed by atoms with Gasteiger partial charge in [-0.25, -0.2) is 13.9 Å². The van der Waals surface area contributed by atoms with Crippen molar-refractivity contribution < 1.29 is 28.1 Å².